The van der Waals surface area contributed by atoms with Crippen molar-refractivity contribution in [2.24, 2.45) is 5.41 Å². The highest BCUT2D eigenvalue weighted by Gasteiger charge is 2.36. The van der Waals surface area contributed by atoms with Crippen LogP contribution in [0, 0.1) is 10.8 Å². The van der Waals surface area contributed by atoms with Gasteiger partial charge in [-0.15, -0.1) is 0 Å². The van der Waals surface area contributed by atoms with Crippen molar-refractivity contribution in [2.75, 3.05) is 21.3 Å². The van der Waals surface area contributed by atoms with E-state index in [4.69, 9.17) is 18.7 Å². The maximum absolute atomic E-state index is 7.15. The molecule has 0 unspecified atom stereocenters. The molecule has 17 heavy (non-hydrogen) atoms. The molecule has 0 spiro atoms. The highest BCUT2D eigenvalue weighted by Crippen LogP contribution is 2.14. The Morgan fingerprint density at radius 3 is 1.41 bits per heavy atom. The Labute approximate surface area is 108 Å². The van der Waals surface area contributed by atoms with E-state index in [2.05, 4.69) is 6.92 Å². The van der Waals surface area contributed by atoms with Crippen molar-refractivity contribution in [3.05, 3.63) is 0 Å². The Morgan fingerprint density at radius 2 is 1.35 bits per heavy atom. The van der Waals surface area contributed by atoms with E-state index in [1.165, 1.54) is 0 Å². The molecule has 0 aromatic rings. The zero-order valence-corrected chi connectivity index (χ0v) is 13.6. The lowest BCUT2D eigenvalue weighted by atomic mass is 9.91. The quantitative estimate of drug-likeness (QED) is 0.611. The van der Waals surface area contributed by atoms with E-state index >= 15 is 0 Å². The third kappa shape index (κ3) is 8.48. The summed E-state index contributed by atoms with van der Waals surface area (Å²) >= 11 is 0. The molecular weight excluding hydrogens is 234 g/mol. The van der Waals surface area contributed by atoms with Crippen LogP contribution in [0.15, 0.2) is 0 Å². The number of hydrogen-bond acceptors (Lipinski definition) is 4. The van der Waals surface area contributed by atoms with Gasteiger partial charge in [0.05, 0.1) is 0 Å². The molecule has 0 heterocycles. The Morgan fingerprint density at radius 1 is 1.06 bits per heavy atom. The summed E-state index contributed by atoms with van der Waals surface area (Å²) in [7, 11) is 2.68. The molecule has 4 nitrogen and oxygen atoms in total. The van der Waals surface area contributed by atoms with E-state index in [0.29, 0.717) is 0 Å². The number of rotatable bonds is 5. The highest BCUT2D eigenvalue weighted by atomic mass is 28.4. The predicted octanol–water partition coefficient (Wildman–Crippen LogP) is 3.35. The molecule has 0 saturated carbocycles. The molecule has 1 N–H and O–H groups in total. The largest absolute Gasteiger partial charge is 0.500 e. The Balaban J connectivity index is 0. The summed E-state index contributed by atoms with van der Waals surface area (Å²) in [6, 6.07) is 0.885. The van der Waals surface area contributed by atoms with Crippen LogP contribution in [0.5, 0.6) is 0 Å². The molecule has 0 saturated heterocycles. The average Bonchev–Trinajstić information content (AvgIpc) is 2.26. The van der Waals surface area contributed by atoms with Gasteiger partial charge in [-0.05, 0) is 12.3 Å². The minimum Gasteiger partial charge on any atom is -0.377 e. The van der Waals surface area contributed by atoms with Crippen molar-refractivity contribution in [3.63, 3.8) is 0 Å². The monoisotopic (exact) mass is 263 g/mol. The standard InChI is InChI=1S/C6H13N.C6H16O3Si/c1-5(7)6(2,3)4;1-5-6-10(7-2,8-3)9-4/h7H,1-4H3;5-6H2,1-4H3. The van der Waals surface area contributed by atoms with E-state index < -0.39 is 8.80 Å². The first-order valence-corrected chi connectivity index (χ1v) is 7.83. The summed E-state index contributed by atoms with van der Waals surface area (Å²) in [6.07, 6.45) is 1.03. The van der Waals surface area contributed by atoms with E-state index in [0.717, 1.165) is 18.2 Å². The van der Waals surface area contributed by atoms with Crippen molar-refractivity contribution in [1.29, 1.82) is 5.41 Å². The second-order valence-corrected chi connectivity index (χ2v) is 8.01. The van der Waals surface area contributed by atoms with Crippen LogP contribution < -0.4 is 0 Å². The number of nitrogens with one attached hydrogen (secondary N) is 1. The maximum atomic E-state index is 7.15. The fourth-order valence-corrected chi connectivity index (χ4v) is 2.59. The summed E-state index contributed by atoms with van der Waals surface area (Å²) in [5, 5.41) is 7.15. The van der Waals surface area contributed by atoms with Gasteiger partial charge in [-0.25, -0.2) is 0 Å². The minimum atomic E-state index is -2.22. The highest BCUT2D eigenvalue weighted by molar-refractivity contribution is 6.60. The first-order valence-electron chi connectivity index (χ1n) is 5.90. The minimum absolute atomic E-state index is 0.0833. The smallest absolute Gasteiger partial charge is 0.377 e. The molecule has 0 aliphatic heterocycles. The lowest BCUT2D eigenvalue weighted by molar-refractivity contribution is 0.123. The molecule has 5 heteroatoms. The van der Waals surface area contributed by atoms with Crippen molar-refractivity contribution >= 4 is 14.5 Å². The van der Waals surface area contributed by atoms with Gasteiger partial charge in [0.1, 0.15) is 0 Å². The van der Waals surface area contributed by atoms with Gasteiger partial charge in [-0.3, -0.25) is 0 Å². The van der Waals surface area contributed by atoms with Gasteiger partial charge < -0.3 is 18.7 Å². The number of hydrogen-bond donors (Lipinski definition) is 1. The van der Waals surface area contributed by atoms with Crippen LogP contribution in [0.1, 0.15) is 41.0 Å². The lowest BCUT2D eigenvalue weighted by Crippen LogP contribution is -2.42. The topological polar surface area (TPSA) is 51.5 Å². The molecule has 0 aliphatic carbocycles. The van der Waals surface area contributed by atoms with Crippen molar-refractivity contribution in [1.82, 2.24) is 0 Å². The zero-order chi connectivity index (χ0) is 14.1. The van der Waals surface area contributed by atoms with Crippen LogP contribution in [0.2, 0.25) is 6.04 Å². The molecule has 0 aromatic heterocycles. The third-order valence-corrected chi connectivity index (χ3v) is 5.59. The van der Waals surface area contributed by atoms with Gasteiger partial charge in [-0.1, -0.05) is 34.1 Å². The molecule has 0 rings (SSSR count). The zero-order valence-electron chi connectivity index (χ0n) is 12.6. The van der Waals surface area contributed by atoms with Crippen LogP contribution in [0.4, 0.5) is 0 Å². The summed E-state index contributed by atoms with van der Waals surface area (Å²) in [5.74, 6) is 0. The third-order valence-electron chi connectivity index (χ3n) is 2.61. The van der Waals surface area contributed by atoms with Gasteiger partial charge in [0.2, 0.25) is 0 Å². The van der Waals surface area contributed by atoms with Crippen LogP contribution in [-0.2, 0) is 13.3 Å². The molecule has 104 valence electrons. The first kappa shape index (κ1) is 19.1. The molecule has 0 radical (unpaired) electrons. The van der Waals surface area contributed by atoms with Gasteiger partial charge in [0.15, 0.2) is 0 Å². The fraction of sp³-hybridized carbons (Fsp3) is 0.917. The Kier molecular flexibility index (Phi) is 9.89. The second kappa shape index (κ2) is 8.80. The Hall–Kier alpha value is -0.233. The van der Waals surface area contributed by atoms with Gasteiger partial charge in [0.25, 0.3) is 0 Å². The molecular formula is C12H29NO3Si. The SMILES string of the molecule is CC(=N)C(C)(C)C.CCC[Si](OC)(OC)OC. The average molecular weight is 263 g/mol. The van der Waals surface area contributed by atoms with Gasteiger partial charge >= 0.3 is 8.80 Å². The van der Waals surface area contributed by atoms with E-state index in [1.54, 1.807) is 21.3 Å². The molecule has 0 amide bonds. The van der Waals surface area contributed by atoms with Crippen LogP contribution in [0.3, 0.4) is 0 Å². The molecule has 0 aliphatic rings. The van der Waals surface area contributed by atoms with E-state index in [9.17, 15) is 0 Å². The first-order chi connectivity index (χ1) is 7.69. The van der Waals surface area contributed by atoms with Crippen LogP contribution in [0.25, 0.3) is 0 Å². The van der Waals surface area contributed by atoms with Crippen molar-refractivity contribution in [2.45, 2.75) is 47.1 Å². The Bertz CT molecular complexity index is 202. The fourth-order valence-electron chi connectivity index (χ4n) is 0.862. The normalized spacial score (nSPS) is 11.8. The van der Waals surface area contributed by atoms with Crippen molar-refractivity contribution < 1.29 is 13.3 Å². The predicted molar refractivity (Wildman–Crippen MR) is 74.7 cm³/mol. The summed E-state index contributed by atoms with van der Waals surface area (Å²) in [5.41, 5.74) is 0.826. The lowest BCUT2D eigenvalue weighted by Gasteiger charge is -2.23. The summed E-state index contributed by atoms with van der Waals surface area (Å²) < 4.78 is 15.5. The van der Waals surface area contributed by atoms with Crippen molar-refractivity contribution in [3.8, 4) is 0 Å². The van der Waals surface area contributed by atoms with E-state index in [1.807, 2.05) is 27.7 Å². The summed E-state index contributed by atoms with van der Waals surface area (Å²) in [4.78, 5) is 0. The van der Waals surface area contributed by atoms with Crippen LogP contribution in [-0.4, -0.2) is 35.8 Å². The summed E-state index contributed by atoms with van der Waals surface area (Å²) in [6.45, 7) is 10.0. The van der Waals surface area contributed by atoms with Crippen LogP contribution >= 0.6 is 0 Å². The van der Waals surface area contributed by atoms with Gasteiger partial charge in [-0.2, -0.15) is 0 Å². The molecule has 0 bridgehead atoms. The maximum Gasteiger partial charge on any atom is 0.500 e. The second-order valence-electron chi connectivity index (χ2n) is 4.92. The molecule has 0 fully saturated rings. The molecule has 0 aromatic carbocycles. The molecule has 0 atom stereocenters. The van der Waals surface area contributed by atoms with Gasteiger partial charge in [0, 0.05) is 33.1 Å². The van der Waals surface area contributed by atoms with E-state index in [-0.39, 0.29) is 5.41 Å².